The van der Waals surface area contributed by atoms with Crippen LogP contribution in [0.3, 0.4) is 0 Å². The smallest absolute Gasteiger partial charge is 0.270 e. The number of fused-ring (bicyclic) bond motifs is 1. The average molecular weight is 581 g/mol. The molecule has 1 aliphatic heterocycles. The number of para-hydroxylation sites is 2. The number of carbonyl (C=O) groups is 3. The number of thiocarbonyl (C=S) groups is 1. The first-order chi connectivity index (χ1) is 19.8. The zero-order valence-corrected chi connectivity index (χ0v) is 24.3. The van der Waals surface area contributed by atoms with Gasteiger partial charge < -0.3 is 9.88 Å². The lowest BCUT2D eigenvalue weighted by Crippen LogP contribution is -2.54. The fourth-order valence-electron chi connectivity index (χ4n) is 5.53. The molecule has 0 atom stereocenters. The Labute approximate surface area is 247 Å². The molecule has 3 amide bonds. The Morgan fingerprint density at radius 3 is 2.41 bits per heavy atom. The summed E-state index contributed by atoms with van der Waals surface area (Å²) in [5.41, 5.74) is 5.60. The van der Waals surface area contributed by atoms with E-state index in [4.69, 9.17) is 12.2 Å². The molecule has 3 heterocycles. The Bertz CT molecular complexity index is 1740. The van der Waals surface area contributed by atoms with Crippen LogP contribution in [0.2, 0.25) is 0 Å². The maximum Gasteiger partial charge on any atom is 0.270 e. The van der Waals surface area contributed by atoms with E-state index < -0.39 is 11.8 Å². The van der Waals surface area contributed by atoms with Crippen LogP contribution in [0.4, 0.5) is 11.4 Å². The third kappa shape index (κ3) is 4.92. The zero-order chi connectivity index (χ0) is 28.7. The first kappa shape index (κ1) is 26.9. The van der Waals surface area contributed by atoms with Crippen molar-refractivity contribution in [2.45, 2.75) is 39.5 Å². The molecule has 1 saturated heterocycles. The molecule has 0 bridgehead atoms. The standard InChI is InChI=1S/C32H28N4O3S2/c1-19-17-21(18-25-28(37)34-32(40)36(30(25)39)23-13-7-4-8-14-23)20(2)35(19)31-27(24-15-9-10-16-26(24)41-31)29(38)33-22-11-5-3-6-12-22/h3-8,11-14,17-18H,9-10,15-16H2,1-2H3,(H,33,38)(H,34,37,40)/b25-18+. The number of aromatic nitrogens is 1. The van der Waals surface area contributed by atoms with Crippen molar-refractivity contribution in [1.82, 2.24) is 9.88 Å². The molecule has 2 aromatic carbocycles. The summed E-state index contributed by atoms with van der Waals surface area (Å²) in [4.78, 5) is 42.8. The van der Waals surface area contributed by atoms with E-state index in [1.165, 1.54) is 9.78 Å². The molecule has 0 saturated carbocycles. The molecule has 2 N–H and O–H groups in total. The van der Waals surface area contributed by atoms with Crippen LogP contribution in [-0.2, 0) is 22.4 Å². The first-order valence-corrected chi connectivity index (χ1v) is 14.7. The van der Waals surface area contributed by atoms with E-state index in [0.717, 1.165) is 58.9 Å². The van der Waals surface area contributed by atoms with E-state index in [0.29, 0.717) is 11.3 Å². The second-order valence-electron chi connectivity index (χ2n) is 10.2. The van der Waals surface area contributed by atoms with Crippen molar-refractivity contribution in [2.24, 2.45) is 0 Å². The number of nitrogens with one attached hydrogen (secondary N) is 2. The number of nitrogens with zero attached hydrogens (tertiary/aromatic N) is 2. The molecule has 0 radical (unpaired) electrons. The quantitative estimate of drug-likeness (QED) is 0.169. The number of hydrogen-bond acceptors (Lipinski definition) is 5. The normalized spacial score (nSPS) is 16.1. The second kappa shape index (κ2) is 10.9. The number of carbonyl (C=O) groups excluding carboxylic acids is 3. The van der Waals surface area contributed by atoms with E-state index in [1.54, 1.807) is 29.5 Å². The highest BCUT2D eigenvalue weighted by molar-refractivity contribution is 7.80. The maximum absolute atomic E-state index is 13.7. The number of rotatable bonds is 5. The van der Waals surface area contributed by atoms with Gasteiger partial charge in [-0.05, 0) is 99.3 Å². The monoisotopic (exact) mass is 580 g/mol. The minimum atomic E-state index is -0.536. The molecule has 1 aliphatic carbocycles. The van der Waals surface area contributed by atoms with Crippen LogP contribution >= 0.6 is 23.6 Å². The van der Waals surface area contributed by atoms with Crippen molar-refractivity contribution < 1.29 is 14.4 Å². The number of hydrogen-bond donors (Lipinski definition) is 2. The van der Waals surface area contributed by atoms with Crippen LogP contribution in [-0.4, -0.2) is 27.4 Å². The van der Waals surface area contributed by atoms with Gasteiger partial charge in [-0.15, -0.1) is 11.3 Å². The lowest BCUT2D eigenvalue weighted by Gasteiger charge is -2.28. The highest BCUT2D eigenvalue weighted by Gasteiger charge is 2.35. The van der Waals surface area contributed by atoms with E-state index in [9.17, 15) is 14.4 Å². The van der Waals surface area contributed by atoms with Crippen molar-refractivity contribution in [3.05, 3.63) is 105 Å². The van der Waals surface area contributed by atoms with Crippen molar-refractivity contribution in [1.29, 1.82) is 0 Å². The van der Waals surface area contributed by atoms with Crippen molar-refractivity contribution in [2.75, 3.05) is 10.2 Å². The fourth-order valence-corrected chi connectivity index (χ4v) is 7.31. The molecule has 4 aromatic rings. The molecule has 206 valence electrons. The van der Waals surface area contributed by atoms with Crippen molar-refractivity contribution in [3.8, 4) is 5.00 Å². The minimum absolute atomic E-state index is 0.00442. The Hall–Kier alpha value is -4.34. The largest absolute Gasteiger partial charge is 0.322 e. The molecule has 2 aliphatic rings. The number of thiophene rings is 1. The number of benzene rings is 2. The van der Waals surface area contributed by atoms with Gasteiger partial charge in [0.1, 0.15) is 10.6 Å². The number of amides is 3. The lowest BCUT2D eigenvalue weighted by atomic mass is 9.95. The predicted octanol–water partition coefficient (Wildman–Crippen LogP) is 6.12. The van der Waals surface area contributed by atoms with Gasteiger partial charge in [0, 0.05) is 22.0 Å². The van der Waals surface area contributed by atoms with E-state index in [-0.39, 0.29) is 16.6 Å². The summed E-state index contributed by atoms with van der Waals surface area (Å²) in [5.74, 6) is -1.15. The average Bonchev–Trinajstić information content (AvgIpc) is 3.47. The SMILES string of the molecule is Cc1cc(/C=C2\C(=O)NC(=S)N(c3ccccc3)C2=O)c(C)n1-c1sc2c(c1C(=O)Nc1ccccc1)CCCC2. The Kier molecular flexibility index (Phi) is 7.15. The highest BCUT2D eigenvalue weighted by Crippen LogP contribution is 2.39. The summed E-state index contributed by atoms with van der Waals surface area (Å²) in [6, 6.07) is 20.4. The van der Waals surface area contributed by atoms with Crippen LogP contribution in [0, 0.1) is 13.8 Å². The van der Waals surface area contributed by atoms with E-state index in [1.807, 2.05) is 68.4 Å². The van der Waals surface area contributed by atoms with Gasteiger partial charge in [-0.2, -0.15) is 0 Å². The molecule has 41 heavy (non-hydrogen) atoms. The Balaban J connectivity index is 1.42. The molecule has 0 unspecified atom stereocenters. The molecule has 0 spiro atoms. The molecule has 9 heteroatoms. The van der Waals surface area contributed by atoms with Gasteiger partial charge in [0.2, 0.25) is 0 Å². The number of aryl methyl sites for hydroxylation is 2. The third-order valence-corrected chi connectivity index (χ3v) is 9.06. The molecule has 2 aromatic heterocycles. The van der Waals surface area contributed by atoms with Crippen LogP contribution in [0.15, 0.2) is 72.3 Å². The molecular formula is C32H28N4O3S2. The first-order valence-electron chi connectivity index (χ1n) is 13.5. The van der Waals surface area contributed by atoms with Crippen LogP contribution in [0.5, 0.6) is 0 Å². The summed E-state index contributed by atoms with van der Waals surface area (Å²) >= 11 is 6.98. The Morgan fingerprint density at radius 2 is 1.68 bits per heavy atom. The van der Waals surface area contributed by atoms with Crippen LogP contribution in [0.1, 0.15) is 50.6 Å². The van der Waals surface area contributed by atoms with Gasteiger partial charge in [0.15, 0.2) is 5.11 Å². The minimum Gasteiger partial charge on any atom is -0.322 e. The van der Waals surface area contributed by atoms with Crippen molar-refractivity contribution in [3.63, 3.8) is 0 Å². The highest BCUT2D eigenvalue weighted by atomic mass is 32.1. The molecule has 1 fully saturated rings. The van der Waals surface area contributed by atoms with Gasteiger partial charge in [-0.25, -0.2) is 0 Å². The van der Waals surface area contributed by atoms with E-state index in [2.05, 4.69) is 15.2 Å². The second-order valence-corrected chi connectivity index (χ2v) is 11.6. The Morgan fingerprint density at radius 1 is 1.00 bits per heavy atom. The summed E-state index contributed by atoms with van der Waals surface area (Å²) in [6.45, 7) is 3.92. The van der Waals surface area contributed by atoms with Gasteiger partial charge in [0.05, 0.1) is 11.3 Å². The van der Waals surface area contributed by atoms with Gasteiger partial charge >= 0.3 is 0 Å². The fraction of sp³-hybridized carbons (Fsp3) is 0.188. The van der Waals surface area contributed by atoms with Crippen LogP contribution in [0.25, 0.3) is 11.1 Å². The van der Waals surface area contributed by atoms with Gasteiger partial charge in [0.25, 0.3) is 17.7 Å². The molecule has 6 rings (SSSR count). The van der Waals surface area contributed by atoms with E-state index >= 15 is 0 Å². The summed E-state index contributed by atoms with van der Waals surface area (Å²) < 4.78 is 2.07. The predicted molar refractivity (Wildman–Crippen MR) is 167 cm³/mol. The van der Waals surface area contributed by atoms with Gasteiger partial charge in [-0.1, -0.05) is 36.4 Å². The van der Waals surface area contributed by atoms with Crippen molar-refractivity contribution >= 4 is 63.8 Å². The summed E-state index contributed by atoms with van der Waals surface area (Å²) in [7, 11) is 0. The summed E-state index contributed by atoms with van der Waals surface area (Å²) in [6.07, 6.45) is 5.58. The summed E-state index contributed by atoms with van der Waals surface area (Å²) in [5, 5.41) is 6.64. The molecule has 7 nitrogen and oxygen atoms in total. The van der Waals surface area contributed by atoms with Crippen LogP contribution < -0.4 is 15.5 Å². The third-order valence-electron chi connectivity index (χ3n) is 7.50. The topological polar surface area (TPSA) is 83.4 Å². The molecular weight excluding hydrogens is 553 g/mol. The zero-order valence-electron chi connectivity index (χ0n) is 22.7. The van der Waals surface area contributed by atoms with Gasteiger partial charge in [-0.3, -0.25) is 24.6 Å². The lowest BCUT2D eigenvalue weighted by molar-refractivity contribution is -0.122. The maximum atomic E-state index is 13.7. The number of anilines is 2.